The third-order valence-corrected chi connectivity index (χ3v) is 3.14. The van der Waals surface area contributed by atoms with Gasteiger partial charge < -0.3 is 10.1 Å². The van der Waals surface area contributed by atoms with Crippen molar-refractivity contribution in [1.82, 2.24) is 5.32 Å². The third-order valence-electron chi connectivity index (χ3n) is 3.14. The standard InChI is InChI=1S/C13H18FNO/c1-15-10-11-2-4-12(5-3-11)13(14)6-8-16-9-7-13/h2-5,15H,6-10H2,1H3. The maximum Gasteiger partial charge on any atom is 0.140 e. The topological polar surface area (TPSA) is 21.3 Å². The Labute approximate surface area is 95.8 Å². The molecule has 1 heterocycles. The van der Waals surface area contributed by atoms with E-state index in [0.717, 1.165) is 12.1 Å². The predicted molar refractivity (Wildman–Crippen MR) is 62.0 cm³/mol. The number of ether oxygens (including phenoxy) is 1. The molecule has 1 aliphatic heterocycles. The van der Waals surface area contributed by atoms with E-state index in [0.29, 0.717) is 26.1 Å². The molecule has 1 fully saturated rings. The maximum atomic E-state index is 14.5. The summed E-state index contributed by atoms with van der Waals surface area (Å²) in [6.45, 7) is 1.87. The Morgan fingerprint density at radius 2 is 1.88 bits per heavy atom. The highest BCUT2D eigenvalue weighted by molar-refractivity contribution is 5.27. The van der Waals surface area contributed by atoms with E-state index in [1.807, 2.05) is 31.3 Å². The molecule has 0 amide bonds. The van der Waals surface area contributed by atoms with Crippen molar-refractivity contribution in [2.75, 3.05) is 20.3 Å². The van der Waals surface area contributed by atoms with Crippen LogP contribution in [-0.2, 0) is 17.0 Å². The Bertz CT molecular complexity index is 330. The van der Waals surface area contributed by atoms with Crippen LogP contribution < -0.4 is 5.32 Å². The Kier molecular flexibility index (Phi) is 3.56. The van der Waals surface area contributed by atoms with Crippen molar-refractivity contribution in [3.05, 3.63) is 35.4 Å². The van der Waals surface area contributed by atoms with Crippen molar-refractivity contribution in [2.45, 2.75) is 25.1 Å². The van der Waals surface area contributed by atoms with Crippen LogP contribution in [0.15, 0.2) is 24.3 Å². The summed E-state index contributed by atoms with van der Waals surface area (Å²) >= 11 is 0. The molecular weight excluding hydrogens is 205 g/mol. The van der Waals surface area contributed by atoms with Crippen molar-refractivity contribution in [3.63, 3.8) is 0 Å². The molecule has 0 unspecified atom stereocenters. The highest BCUT2D eigenvalue weighted by atomic mass is 19.1. The van der Waals surface area contributed by atoms with E-state index >= 15 is 0 Å². The summed E-state index contributed by atoms with van der Waals surface area (Å²) in [6.07, 6.45) is 0.941. The second-order valence-electron chi connectivity index (χ2n) is 4.30. The molecule has 2 rings (SSSR count). The van der Waals surface area contributed by atoms with Crippen LogP contribution in [0.1, 0.15) is 24.0 Å². The van der Waals surface area contributed by atoms with Crippen molar-refractivity contribution < 1.29 is 9.13 Å². The summed E-state index contributed by atoms with van der Waals surface area (Å²) < 4.78 is 19.7. The summed E-state index contributed by atoms with van der Waals surface area (Å²) in [5, 5.41) is 3.08. The first-order valence-electron chi connectivity index (χ1n) is 5.75. The zero-order chi connectivity index (χ0) is 11.4. The van der Waals surface area contributed by atoms with Gasteiger partial charge in [-0.3, -0.25) is 0 Å². The van der Waals surface area contributed by atoms with Crippen LogP contribution in [-0.4, -0.2) is 20.3 Å². The number of hydrogen-bond acceptors (Lipinski definition) is 2. The molecule has 0 spiro atoms. The SMILES string of the molecule is CNCc1ccc(C2(F)CCOCC2)cc1. The first kappa shape index (κ1) is 11.6. The molecule has 0 saturated carbocycles. The van der Waals surface area contributed by atoms with E-state index in [1.165, 1.54) is 5.56 Å². The molecule has 0 bridgehead atoms. The fraction of sp³-hybridized carbons (Fsp3) is 0.538. The van der Waals surface area contributed by atoms with Crippen molar-refractivity contribution in [3.8, 4) is 0 Å². The lowest BCUT2D eigenvalue weighted by Crippen LogP contribution is -2.29. The largest absolute Gasteiger partial charge is 0.381 e. The monoisotopic (exact) mass is 223 g/mol. The predicted octanol–water partition coefficient (Wildman–Crippen LogP) is 2.38. The number of alkyl halides is 1. The summed E-state index contributed by atoms with van der Waals surface area (Å²) in [5.41, 5.74) is 0.786. The quantitative estimate of drug-likeness (QED) is 0.849. The van der Waals surface area contributed by atoms with E-state index in [1.54, 1.807) is 0 Å². The molecule has 1 N–H and O–H groups in total. The molecule has 16 heavy (non-hydrogen) atoms. The third kappa shape index (κ3) is 2.42. The van der Waals surface area contributed by atoms with Gasteiger partial charge in [-0.05, 0) is 18.2 Å². The van der Waals surface area contributed by atoms with Gasteiger partial charge in [-0.25, -0.2) is 4.39 Å². The van der Waals surface area contributed by atoms with Gasteiger partial charge in [0.05, 0.1) is 0 Å². The van der Waals surface area contributed by atoms with Gasteiger partial charge >= 0.3 is 0 Å². The average molecular weight is 223 g/mol. The zero-order valence-corrected chi connectivity index (χ0v) is 9.63. The second kappa shape index (κ2) is 4.93. The average Bonchev–Trinajstić information content (AvgIpc) is 2.31. The molecule has 0 radical (unpaired) electrons. The molecule has 2 nitrogen and oxygen atoms in total. The Morgan fingerprint density at radius 3 is 2.44 bits per heavy atom. The lowest BCUT2D eigenvalue weighted by Gasteiger charge is -2.30. The van der Waals surface area contributed by atoms with E-state index in [4.69, 9.17) is 4.74 Å². The number of rotatable bonds is 3. The number of halogens is 1. The zero-order valence-electron chi connectivity index (χ0n) is 9.63. The van der Waals surface area contributed by atoms with Crippen LogP contribution in [0.3, 0.4) is 0 Å². The molecule has 0 aliphatic carbocycles. The minimum absolute atomic E-state index is 0.471. The van der Waals surface area contributed by atoms with Crippen molar-refractivity contribution in [2.24, 2.45) is 0 Å². The first-order chi connectivity index (χ1) is 7.74. The molecular formula is C13H18FNO. The highest BCUT2D eigenvalue weighted by Crippen LogP contribution is 2.36. The Balaban J connectivity index is 2.13. The fourth-order valence-corrected chi connectivity index (χ4v) is 2.11. The maximum absolute atomic E-state index is 14.5. The lowest BCUT2D eigenvalue weighted by atomic mass is 9.88. The van der Waals surface area contributed by atoms with Gasteiger partial charge in [-0.15, -0.1) is 0 Å². The summed E-state index contributed by atoms with van der Waals surface area (Å²) in [6, 6.07) is 7.78. The molecule has 1 aliphatic rings. The van der Waals surface area contributed by atoms with Crippen LogP contribution in [0.4, 0.5) is 4.39 Å². The number of benzene rings is 1. The van der Waals surface area contributed by atoms with Gasteiger partial charge in [0.15, 0.2) is 0 Å². The molecule has 1 aromatic carbocycles. The van der Waals surface area contributed by atoms with E-state index in [-0.39, 0.29) is 0 Å². The van der Waals surface area contributed by atoms with Gasteiger partial charge in [0, 0.05) is 32.6 Å². The van der Waals surface area contributed by atoms with Gasteiger partial charge in [0.25, 0.3) is 0 Å². The summed E-state index contributed by atoms with van der Waals surface area (Å²) in [4.78, 5) is 0. The Hall–Kier alpha value is -0.930. The van der Waals surface area contributed by atoms with Gasteiger partial charge in [-0.1, -0.05) is 24.3 Å². The van der Waals surface area contributed by atoms with Crippen LogP contribution in [0, 0.1) is 0 Å². The van der Waals surface area contributed by atoms with Gasteiger partial charge in [-0.2, -0.15) is 0 Å². The van der Waals surface area contributed by atoms with Crippen LogP contribution in [0.25, 0.3) is 0 Å². The van der Waals surface area contributed by atoms with Crippen molar-refractivity contribution >= 4 is 0 Å². The van der Waals surface area contributed by atoms with Gasteiger partial charge in [0.1, 0.15) is 5.67 Å². The first-order valence-corrected chi connectivity index (χ1v) is 5.75. The normalized spacial score (nSPS) is 19.6. The fourth-order valence-electron chi connectivity index (χ4n) is 2.11. The van der Waals surface area contributed by atoms with E-state index in [2.05, 4.69) is 5.32 Å². The summed E-state index contributed by atoms with van der Waals surface area (Å²) in [5.74, 6) is 0. The number of hydrogen-bond donors (Lipinski definition) is 1. The van der Waals surface area contributed by atoms with Gasteiger partial charge in [0.2, 0.25) is 0 Å². The number of nitrogens with one attached hydrogen (secondary N) is 1. The minimum atomic E-state index is -1.18. The molecule has 1 saturated heterocycles. The van der Waals surface area contributed by atoms with E-state index in [9.17, 15) is 4.39 Å². The minimum Gasteiger partial charge on any atom is -0.381 e. The molecule has 0 aromatic heterocycles. The summed E-state index contributed by atoms with van der Waals surface area (Å²) in [7, 11) is 1.91. The molecule has 3 heteroatoms. The Morgan fingerprint density at radius 1 is 1.25 bits per heavy atom. The second-order valence-corrected chi connectivity index (χ2v) is 4.30. The lowest BCUT2D eigenvalue weighted by molar-refractivity contribution is -0.0114. The van der Waals surface area contributed by atoms with E-state index < -0.39 is 5.67 Å². The van der Waals surface area contributed by atoms with Crippen LogP contribution in [0.2, 0.25) is 0 Å². The van der Waals surface area contributed by atoms with Crippen LogP contribution >= 0.6 is 0 Å². The van der Waals surface area contributed by atoms with Crippen molar-refractivity contribution in [1.29, 1.82) is 0 Å². The molecule has 0 atom stereocenters. The van der Waals surface area contributed by atoms with Crippen LogP contribution in [0.5, 0.6) is 0 Å². The molecule has 1 aromatic rings. The highest BCUT2D eigenvalue weighted by Gasteiger charge is 2.33. The molecule has 88 valence electrons. The smallest absolute Gasteiger partial charge is 0.140 e.